The molecule has 3 N–H and O–H groups in total. The molecule has 0 aromatic heterocycles. The van der Waals surface area contributed by atoms with Crippen molar-refractivity contribution in [1.82, 2.24) is 5.32 Å². The summed E-state index contributed by atoms with van der Waals surface area (Å²) in [6.07, 6.45) is 5.42. The van der Waals surface area contributed by atoms with Crippen molar-refractivity contribution >= 4 is 41.0 Å². The summed E-state index contributed by atoms with van der Waals surface area (Å²) < 4.78 is 0. The molecule has 2 aliphatic rings. The fourth-order valence-electron chi connectivity index (χ4n) is 3.07. The van der Waals surface area contributed by atoms with Gasteiger partial charge in [0.1, 0.15) is 0 Å². The van der Waals surface area contributed by atoms with Crippen LogP contribution in [0.2, 0.25) is 0 Å². The topological polar surface area (TPSA) is 87.8 Å². The van der Waals surface area contributed by atoms with Gasteiger partial charge in [-0.15, -0.1) is 0 Å². The molecule has 1 saturated heterocycles. The fourth-order valence-corrected chi connectivity index (χ4v) is 3.36. The maximum Gasteiger partial charge on any atom is 0.251 e. The van der Waals surface area contributed by atoms with Gasteiger partial charge in [0, 0.05) is 12.3 Å². The Balaban J connectivity index is 1.80. The second-order valence-electron chi connectivity index (χ2n) is 6.10. The van der Waals surface area contributed by atoms with E-state index in [9.17, 15) is 9.59 Å². The van der Waals surface area contributed by atoms with Gasteiger partial charge in [0.2, 0.25) is 5.91 Å². The Kier molecular flexibility index (Phi) is 5.01. The maximum atomic E-state index is 12.8. The molecule has 1 aliphatic carbocycles. The molecule has 2 fully saturated rings. The van der Waals surface area contributed by atoms with Gasteiger partial charge in [-0.2, -0.15) is 0 Å². The zero-order valence-electron chi connectivity index (χ0n) is 13.2. The number of amides is 2. The predicted octanol–water partition coefficient (Wildman–Crippen LogP) is 1.39. The molecule has 0 spiro atoms. The first-order chi connectivity index (χ1) is 11.6. The monoisotopic (exact) mass is 344 g/mol. The van der Waals surface area contributed by atoms with E-state index in [1.807, 2.05) is 18.2 Å². The lowest BCUT2D eigenvalue weighted by molar-refractivity contribution is -0.130. The lowest BCUT2D eigenvalue weighted by Gasteiger charge is -2.31. The van der Waals surface area contributed by atoms with Crippen LogP contribution in [0.5, 0.6) is 0 Å². The lowest BCUT2D eigenvalue weighted by Crippen LogP contribution is -2.58. The molecule has 1 heterocycles. The number of nitrogens with one attached hydrogen (secondary N) is 1. The number of nitrogens with two attached hydrogens (primary N) is 1. The number of benzene rings is 1. The molecule has 24 heavy (non-hydrogen) atoms. The van der Waals surface area contributed by atoms with E-state index in [0.717, 1.165) is 25.7 Å². The number of anilines is 1. The average Bonchev–Trinajstić information content (AvgIpc) is 2.57. The second kappa shape index (κ2) is 7.19. The van der Waals surface area contributed by atoms with Gasteiger partial charge in [-0.25, -0.2) is 0 Å². The maximum absolute atomic E-state index is 12.8. The number of para-hydroxylation sites is 1. The van der Waals surface area contributed by atoms with Crippen LogP contribution in [0.4, 0.5) is 5.69 Å². The number of carbonyl (C=O) groups excluding carboxylic acids is 2. The van der Waals surface area contributed by atoms with Gasteiger partial charge in [0.25, 0.3) is 5.91 Å². The highest BCUT2D eigenvalue weighted by Crippen LogP contribution is 2.22. The normalized spacial score (nSPS) is 28.3. The lowest BCUT2D eigenvalue weighted by atomic mass is 9.91. The summed E-state index contributed by atoms with van der Waals surface area (Å²) in [4.78, 5) is 30.7. The third-order valence-electron chi connectivity index (χ3n) is 4.42. The van der Waals surface area contributed by atoms with E-state index in [1.165, 1.54) is 11.1 Å². The summed E-state index contributed by atoms with van der Waals surface area (Å²) in [6, 6.07) is 8.97. The largest absolute Gasteiger partial charge is 0.326 e. The molecular formula is C17H20N4O2S. The van der Waals surface area contributed by atoms with Gasteiger partial charge in [-0.1, -0.05) is 31.0 Å². The van der Waals surface area contributed by atoms with Gasteiger partial charge in [-0.05, 0) is 37.2 Å². The fraction of sp³-hybridized carbons (Fsp3) is 0.412. The molecule has 2 amide bonds. The van der Waals surface area contributed by atoms with E-state index in [2.05, 4.69) is 10.3 Å². The second-order valence-corrected chi connectivity index (χ2v) is 6.48. The molecule has 3 atom stereocenters. The first-order valence-electron chi connectivity index (χ1n) is 8.10. The summed E-state index contributed by atoms with van der Waals surface area (Å²) in [5, 5.41) is 2.68. The molecule has 0 unspecified atom stereocenters. The van der Waals surface area contributed by atoms with Crippen molar-refractivity contribution in [3.63, 3.8) is 0 Å². The number of carbonyl (C=O) groups is 2. The third-order valence-corrected chi connectivity index (χ3v) is 4.71. The van der Waals surface area contributed by atoms with E-state index < -0.39 is 11.8 Å². The van der Waals surface area contributed by atoms with Crippen LogP contribution < -0.4 is 16.0 Å². The number of thiocarbonyl (C=S) groups is 1. The third kappa shape index (κ3) is 3.37. The molecule has 1 aromatic rings. The van der Waals surface area contributed by atoms with E-state index in [4.69, 9.17) is 18.0 Å². The van der Waals surface area contributed by atoms with Crippen LogP contribution >= 0.6 is 12.2 Å². The van der Waals surface area contributed by atoms with E-state index in [0.29, 0.717) is 5.69 Å². The van der Waals surface area contributed by atoms with Crippen molar-refractivity contribution in [2.75, 3.05) is 4.90 Å². The van der Waals surface area contributed by atoms with Crippen LogP contribution in [0.1, 0.15) is 25.7 Å². The van der Waals surface area contributed by atoms with E-state index in [1.54, 1.807) is 12.1 Å². The van der Waals surface area contributed by atoms with Gasteiger partial charge >= 0.3 is 0 Å². The molecule has 6 nitrogen and oxygen atoms in total. The van der Waals surface area contributed by atoms with Crippen LogP contribution in [0, 0.1) is 5.92 Å². The Bertz CT molecular complexity index is 676. The first kappa shape index (κ1) is 16.7. The number of rotatable bonds is 3. The molecule has 1 saturated carbocycles. The molecule has 126 valence electrons. The molecule has 3 rings (SSSR count). The minimum atomic E-state index is -0.981. The molecular weight excluding hydrogens is 324 g/mol. The zero-order valence-corrected chi connectivity index (χ0v) is 14.0. The van der Waals surface area contributed by atoms with Crippen LogP contribution in [0.3, 0.4) is 0 Å². The highest BCUT2D eigenvalue weighted by atomic mass is 32.1. The average molecular weight is 344 g/mol. The SMILES string of the molecule is N[C@@H]1CCCC[C@@H]1N=C[C@@H]1C(=O)NC(=S)N(c2ccccc2)C1=O. The Morgan fingerprint density at radius 1 is 1.21 bits per heavy atom. The number of hydrogen-bond acceptors (Lipinski definition) is 5. The number of hydrogen-bond donors (Lipinski definition) is 2. The summed E-state index contributed by atoms with van der Waals surface area (Å²) in [5.74, 6) is -1.81. The summed E-state index contributed by atoms with van der Waals surface area (Å²) in [5.41, 5.74) is 6.70. The Morgan fingerprint density at radius 3 is 2.62 bits per heavy atom. The smallest absolute Gasteiger partial charge is 0.251 e. The highest BCUT2D eigenvalue weighted by Gasteiger charge is 2.38. The molecule has 1 aliphatic heterocycles. The molecule has 0 radical (unpaired) electrons. The Morgan fingerprint density at radius 2 is 1.92 bits per heavy atom. The number of nitrogens with zero attached hydrogens (tertiary/aromatic N) is 2. The van der Waals surface area contributed by atoms with Gasteiger partial charge in [0.15, 0.2) is 11.0 Å². The quantitative estimate of drug-likeness (QED) is 0.493. The standard InChI is InChI=1S/C17H20N4O2S/c18-13-8-4-5-9-14(13)19-10-12-15(22)20-17(24)21(16(12)23)11-6-2-1-3-7-11/h1-3,6-7,10,12-14H,4-5,8-9,18H2,(H,20,22,24)/t12-,13-,14+/m1/s1. The molecule has 7 heteroatoms. The predicted molar refractivity (Wildman–Crippen MR) is 96.9 cm³/mol. The van der Waals surface area contributed by atoms with Crippen LogP contribution in [-0.4, -0.2) is 35.2 Å². The van der Waals surface area contributed by atoms with Crippen molar-refractivity contribution in [2.45, 2.75) is 37.8 Å². The highest BCUT2D eigenvalue weighted by molar-refractivity contribution is 7.80. The van der Waals surface area contributed by atoms with Gasteiger partial charge in [-0.3, -0.25) is 19.5 Å². The Labute approximate surface area is 146 Å². The minimum Gasteiger partial charge on any atom is -0.326 e. The summed E-state index contributed by atoms with van der Waals surface area (Å²) in [6.45, 7) is 0. The van der Waals surface area contributed by atoms with Gasteiger partial charge < -0.3 is 11.1 Å². The first-order valence-corrected chi connectivity index (χ1v) is 8.51. The van der Waals surface area contributed by atoms with Crippen LogP contribution in [0.25, 0.3) is 0 Å². The van der Waals surface area contributed by atoms with Crippen molar-refractivity contribution in [2.24, 2.45) is 16.6 Å². The van der Waals surface area contributed by atoms with Crippen LogP contribution in [-0.2, 0) is 9.59 Å². The van der Waals surface area contributed by atoms with Crippen molar-refractivity contribution in [1.29, 1.82) is 0 Å². The summed E-state index contributed by atoms with van der Waals surface area (Å²) in [7, 11) is 0. The van der Waals surface area contributed by atoms with Crippen LogP contribution in [0.15, 0.2) is 35.3 Å². The van der Waals surface area contributed by atoms with Gasteiger partial charge in [0.05, 0.1) is 11.7 Å². The minimum absolute atomic E-state index is 0.0111. The van der Waals surface area contributed by atoms with Crippen molar-refractivity contribution < 1.29 is 9.59 Å². The van der Waals surface area contributed by atoms with Crippen molar-refractivity contribution in [3.8, 4) is 0 Å². The van der Waals surface area contributed by atoms with Crippen molar-refractivity contribution in [3.05, 3.63) is 30.3 Å². The number of aliphatic imine (C=N–C) groups is 1. The zero-order chi connectivity index (χ0) is 17.1. The Hall–Kier alpha value is -2.12. The molecule has 1 aromatic carbocycles. The molecule has 0 bridgehead atoms. The summed E-state index contributed by atoms with van der Waals surface area (Å²) >= 11 is 5.15. The van der Waals surface area contributed by atoms with E-state index in [-0.39, 0.29) is 23.1 Å². The van der Waals surface area contributed by atoms with E-state index >= 15 is 0 Å².